The normalized spacial score (nSPS) is 12.6. The van der Waals surface area contributed by atoms with Crippen LogP contribution < -0.4 is 0 Å². The fraction of sp³-hybridized carbons (Fsp3) is 0.353. The largest absolute Gasteiger partial charge is 0.392 e. The predicted octanol–water partition coefficient (Wildman–Crippen LogP) is 3.35. The fourth-order valence-corrected chi connectivity index (χ4v) is 2.17. The summed E-state index contributed by atoms with van der Waals surface area (Å²) in [6.07, 6.45) is 4.56. The van der Waals surface area contributed by atoms with Gasteiger partial charge in [0.2, 0.25) is 0 Å². The summed E-state index contributed by atoms with van der Waals surface area (Å²) in [5.74, 6) is 0.552. The van der Waals surface area contributed by atoms with E-state index in [0.717, 1.165) is 5.56 Å². The molecule has 2 heteroatoms. The van der Waals surface area contributed by atoms with Gasteiger partial charge in [0.1, 0.15) is 0 Å². The monoisotopic (exact) mass is 255 g/mol. The molecule has 19 heavy (non-hydrogen) atoms. The van der Waals surface area contributed by atoms with E-state index in [9.17, 15) is 5.11 Å². The number of hydrogen-bond acceptors (Lipinski definition) is 2. The van der Waals surface area contributed by atoms with E-state index in [2.05, 4.69) is 43.1 Å². The summed E-state index contributed by atoms with van der Waals surface area (Å²) in [5, 5.41) is 10.1. The molecule has 0 fully saturated rings. The average molecular weight is 255 g/mol. The molecule has 0 amide bonds. The second-order valence-corrected chi connectivity index (χ2v) is 5.31. The first-order valence-electron chi connectivity index (χ1n) is 6.81. The summed E-state index contributed by atoms with van der Waals surface area (Å²) in [5.41, 5.74) is 3.65. The van der Waals surface area contributed by atoms with Gasteiger partial charge in [0.15, 0.2) is 0 Å². The highest BCUT2D eigenvalue weighted by Gasteiger charge is 2.07. The minimum atomic E-state index is -0.340. The summed E-state index contributed by atoms with van der Waals surface area (Å²) in [6, 6.07) is 12.4. The van der Waals surface area contributed by atoms with E-state index < -0.39 is 0 Å². The Morgan fingerprint density at radius 2 is 1.42 bits per heavy atom. The number of hydrogen-bond donors (Lipinski definition) is 1. The van der Waals surface area contributed by atoms with Gasteiger partial charge in [0.05, 0.1) is 6.10 Å². The standard InChI is InChI=1S/C17H21NO/c1-13(2)16-5-3-14(4-6-16)11-17(19)12-15-7-9-18-10-8-15/h3-10,13,17,19H,11-12H2,1-2H3. The van der Waals surface area contributed by atoms with Crippen LogP contribution in [0.15, 0.2) is 48.8 Å². The number of pyridine rings is 1. The minimum Gasteiger partial charge on any atom is -0.392 e. The zero-order chi connectivity index (χ0) is 13.7. The second kappa shape index (κ2) is 6.48. The Morgan fingerprint density at radius 1 is 0.895 bits per heavy atom. The molecule has 2 aromatic rings. The molecule has 1 N–H and O–H groups in total. The zero-order valence-corrected chi connectivity index (χ0v) is 11.6. The first-order chi connectivity index (χ1) is 9.15. The van der Waals surface area contributed by atoms with Crippen molar-refractivity contribution in [3.05, 3.63) is 65.5 Å². The van der Waals surface area contributed by atoms with Crippen molar-refractivity contribution in [3.8, 4) is 0 Å². The van der Waals surface area contributed by atoms with E-state index in [1.54, 1.807) is 12.4 Å². The molecular formula is C17H21NO. The van der Waals surface area contributed by atoms with Crippen molar-refractivity contribution >= 4 is 0 Å². The molecule has 0 radical (unpaired) electrons. The lowest BCUT2D eigenvalue weighted by atomic mass is 9.98. The SMILES string of the molecule is CC(C)c1ccc(CC(O)Cc2ccncc2)cc1. The maximum atomic E-state index is 10.1. The Morgan fingerprint density at radius 3 is 1.95 bits per heavy atom. The Bertz CT molecular complexity index is 490. The lowest BCUT2D eigenvalue weighted by molar-refractivity contribution is 0.175. The maximum absolute atomic E-state index is 10.1. The number of rotatable bonds is 5. The molecule has 2 nitrogen and oxygen atoms in total. The highest BCUT2D eigenvalue weighted by Crippen LogP contribution is 2.16. The molecule has 0 spiro atoms. The zero-order valence-electron chi connectivity index (χ0n) is 11.6. The van der Waals surface area contributed by atoms with Crippen LogP contribution in [-0.2, 0) is 12.8 Å². The molecule has 1 atom stereocenters. The van der Waals surface area contributed by atoms with Crippen molar-refractivity contribution in [2.75, 3.05) is 0 Å². The molecule has 100 valence electrons. The number of nitrogens with zero attached hydrogens (tertiary/aromatic N) is 1. The second-order valence-electron chi connectivity index (χ2n) is 5.31. The molecule has 2 rings (SSSR count). The highest BCUT2D eigenvalue weighted by atomic mass is 16.3. The van der Waals surface area contributed by atoms with Crippen LogP contribution in [0.5, 0.6) is 0 Å². The molecule has 0 bridgehead atoms. The van der Waals surface area contributed by atoms with Gasteiger partial charge in [-0.15, -0.1) is 0 Å². The van der Waals surface area contributed by atoms with Gasteiger partial charge in [-0.1, -0.05) is 38.1 Å². The van der Waals surface area contributed by atoms with Crippen LogP contribution >= 0.6 is 0 Å². The Kier molecular flexibility index (Phi) is 4.69. The number of aliphatic hydroxyl groups is 1. The topological polar surface area (TPSA) is 33.1 Å². The minimum absolute atomic E-state index is 0.340. The molecule has 0 aliphatic carbocycles. The molecule has 0 saturated heterocycles. The summed E-state index contributed by atoms with van der Waals surface area (Å²) < 4.78 is 0. The van der Waals surface area contributed by atoms with Gasteiger partial charge in [-0.2, -0.15) is 0 Å². The van der Waals surface area contributed by atoms with E-state index in [0.29, 0.717) is 18.8 Å². The van der Waals surface area contributed by atoms with E-state index >= 15 is 0 Å². The quantitative estimate of drug-likeness (QED) is 0.888. The number of aromatic nitrogens is 1. The molecule has 0 aliphatic rings. The van der Waals surface area contributed by atoms with Crippen molar-refractivity contribution in [2.24, 2.45) is 0 Å². The Labute approximate surface area is 115 Å². The van der Waals surface area contributed by atoms with E-state index in [-0.39, 0.29) is 6.10 Å². The van der Waals surface area contributed by atoms with E-state index in [1.165, 1.54) is 11.1 Å². The van der Waals surface area contributed by atoms with Crippen LogP contribution in [-0.4, -0.2) is 16.2 Å². The first kappa shape index (κ1) is 13.8. The molecule has 1 heterocycles. The smallest absolute Gasteiger partial charge is 0.0620 e. The fourth-order valence-electron chi connectivity index (χ4n) is 2.17. The van der Waals surface area contributed by atoms with E-state index in [4.69, 9.17) is 0 Å². The van der Waals surface area contributed by atoms with Crippen molar-refractivity contribution in [2.45, 2.75) is 38.7 Å². The highest BCUT2D eigenvalue weighted by molar-refractivity contribution is 5.25. The van der Waals surface area contributed by atoms with Crippen LogP contribution in [0, 0.1) is 0 Å². The van der Waals surface area contributed by atoms with Gasteiger partial charge < -0.3 is 5.11 Å². The first-order valence-corrected chi connectivity index (χ1v) is 6.81. The summed E-state index contributed by atoms with van der Waals surface area (Å²) in [7, 11) is 0. The molecule has 0 saturated carbocycles. The third-order valence-electron chi connectivity index (χ3n) is 3.34. The molecule has 1 aromatic heterocycles. The van der Waals surface area contributed by atoms with Crippen molar-refractivity contribution in [3.63, 3.8) is 0 Å². The Balaban J connectivity index is 1.93. The van der Waals surface area contributed by atoms with Crippen molar-refractivity contribution in [1.29, 1.82) is 0 Å². The van der Waals surface area contributed by atoms with Crippen LogP contribution in [0.2, 0.25) is 0 Å². The maximum Gasteiger partial charge on any atom is 0.0620 e. The summed E-state index contributed by atoms with van der Waals surface area (Å²) >= 11 is 0. The third kappa shape index (κ3) is 4.18. The third-order valence-corrected chi connectivity index (χ3v) is 3.34. The average Bonchev–Trinajstić information content (AvgIpc) is 2.40. The van der Waals surface area contributed by atoms with Crippen molar-refractivity contribution in [1.82, 2.24) is 4.98 Å². The summed E-state index contributed by atoms with van der Waals surface area (Å²) in [6.45, 7) is 4.38. The van der Waals surface area contributed by atoms with Gasteiger partial charge in [-0.25, -0.2) is 0 Å². The van der Waals surface area contributed by atoms with Gasteiger partial charge in [-0.05, 0) is 47.6 Å². The predicted molar refractivity (Wildman–Crippen MR) is 78.2 cm³/mol. The van der Waals surface area contributed by atoms with E-state index in [1.807, 2.05) is 12.1 Å². The lowest BCUT2D eigenvalue weighted by Crippen LogP contribution is -2.13. The molecule has 1 unspecified atom stereocenters. The molecule has 1 aromatic carbocycles. The van der Waals surface area contributed by atoms with Crippen molar-refractivity contribution < 1.29 is 5.11 Å². The van der Waals surface area contributed by atoms with Crippen LogP contribution in [0.4, 0.5) is 0 Å². The van der Waals surface area contributed by atoms with Gasteiger partial charge >= 0.3 is 0 Å². The van der Waals surface area contributed by atoms with Gasteiger partial charge in [0, 0.05) is 12.4 Å². The molecular weight excluding hydrogens is 234 g/mol. The molecule has 0 aliphatic heterocycles. The van der Waals surface area contributed by atoms with Gasteiger partial charge in [0.25, 0.3) is 0 Å². The summed E-state index contributed by atoms with van der Waals surface area (Å²) in [4.78, 5) is 3.98. The lowest BCUT2D eigenvalue weighted by Gasteiger charge is -2.12. The number of benzene rings is 1. The Hall–Kier alpha value is -1.67. The number of aliphatic hydroxyl groups excluding tert-OH is 1. The van der Waals surface area contributed by atoms with Crippen LogP contribution in [0.25, 0.3) is 0 Å². The van der Waals surface area contributed by atoms with Crippen LogP contribution in [0.3, 0.4) is 0 Å². The van der Waals surface area contributed by atoms with Crippen LogP contribution in [0.1, 0.15) is 36.5 Å². The van der Waals surface area contributed by atoms with Gasteiger partial charge in [-0.3, -0.25) is 4.98 Å².